The van der Waals surface area contributed by atoms with Gasteiger partial charge in [0.1, 0.15) is 0 Å². The van der Waals surface area contributed by atoms with Gasteiger partial charge in [0.2, 0.25) is 0 Å². The van der Waals surface area contributed by atoms with E-state index in [0.717, 1.165) is 11.3 Å². The van der Waals surface area contributed by atoms with Gasteiger partial charge < -0.3 is 9.64 Å². The Hall–Kier alpha value is -2.14. The van der Waals surface area contributed by atoms with Gasteiger partial charge in [-0.15, -0.1) is 0 Å². The summed E-state index contributed by atoms with van der Waals surface area (Å²) in [5.41, 5.74) is 2.48. The second kappa shape index (κ2) is 5.57. The van der Waals surface area contributed by atoms with Crippen LogP contribution < -0.4 is 0 Å². The molecule has 0 bridgehead atoms. The van der Waals surface area contributed by atoms with Crippen LogP contribution in [0.2, 0.25) is 0 Å². The third-order valence-corrected chi connectivity index (χ3v) is 3.80. The van der Waals surface area contributed by atoms with Crippen LogP contribution in [-0.2, 0) is 4.74 Å². The Morgan fingerprint density at radius 2 is 2.00 bits per heavy atom. The average molecular weight is 299 g/mol. The van der Waals surface area contributed by atoms with Crippen molar-refractivity contribution in [1.82, 2.24) is 14.7 Å². The molecule has 1 aromatic heterocycles. The van der Waals surface area contributed by atoms with Gasteiger partial charge in [0, 0.05) is 24.8 Å². The van der Waals surface area contributed by atoms with Gasteiger partial charge in [-0.2, -0.15) is 5.10 Å². The number of aromatic nitrogens is 2. The van der Waals surface area contributed by atoms with Crippen molar-refractivity contribution in [1.29, 1.82) is 0 Å². The Bertz CT molecular complexity index is 673. The largest absolute Gasteiger partial charge is 0.372 e. The number of rotatable bonds is 2. The number of ether oxygens (including phenoxy) is 1. The van der Waals surface area contributed by atoms with Crippen LogP contribution in [0.3, 0.4) is 0 Å². The van der Waals surface area contributed by atoms with E-state index in [1.54, 1.807) is 4.68 Å². The molecule has 5 heteroatoms. The summed E-state index contributed by atoms with van der Waals surface area (Å²) in [4.78, 5) is 14.4. The summed E-state index contributed by atoms with van der Waals surface area (Å²) >= 11 is 0. The third-order valence-electron chi connectivity index (χ3n) is 3.80. The van der Waals surface area contributed by atoms with Gasteiger partial charge in [-0.05, 0) is 50.6 Å². The Morgan fingerprint density at radius 3 is 2.59 bits per heavy atom. The molecular formula is C17H21N3O2. The first kappa shape index (κ1) is 14.8. The summed E-state index contributed by atoms with van der Waals surface area (Å²) < 4.78 is 7.46. The monoisotopic (exact) mass is 299 g/mol. The van der Waals surface area contributed by atoms with Crippen molar-refractivity contribution in [2.45, 2.75) is 26.4 Å². The van der Waals surface area contributed by atoms with Gasteiger partial charge in [-0.25, -0.2) is 4.68 Å². The standard InChI is InChI=1S/C17H21N3O2/c1-13-10-18-20(11-13)15-6-4-14(5-7-15)16(21)19-8-9-22-17(2,3)12-19/h4-7,10-11H,8-9,12H2,1-3H3. The smallest absolute Gasteiger partial charge is 0.254 e. The zero-order chi connectivity index (χ0) is 15.7. The van der Waals surface area contributed by atoms with Crippen molar-refractivity contribution in [2.75, 3.05) is 19.7 Å². The van der Waals surface area contributed by atoms with Gasteiger partial charge >= 0.3 is 0 Å². The maximum absolute atomic E-state index is 12.6. The lowest BCUT2D eigenvalue weighted by Gasteiger charge is -2.38. The molecule has 1 aliphatic rings. The molecule has 1 saturated heterocycles. The number of nitrogens with zero attached hydrogens (tertiary/aromatic N) is 3. The minimum Gasteiger partial charge on any atom is -0.372 e. The zero-order valence-electron chi connectivity index (χ0n) is 13.2. The number of aryl methyl sites for hydroxylation is 1. The lowest BCUT2D eigenvalue weighted by atomic mass is 10.1. The second-order valence-electron chi connectivity index (χ2n) is 6.34. The lowest BCUT2D eigenvalue weighted by Crippen LogP contribution is -2.50. The van der Waals surface area contributed by atoms with Crippen LogP contribution in [0, 0.1) is 6.92 Å². The molecule has 2 heterocycles. The minimum absolute atomic E-state index is 0.0552. The summed E-state index contributed by atoms with van der Waals surface area (Å²) in [5, 5.41) is 4.27. The highest BCUT2D eigenvalue weighted by Gasteiger charge is 2.30. The molecule has 1 amide bonds. The average Bonchev–Trinajstić information content (AvgIpc) is 2.92. The lowest BCUT2D eigenvalue weighted by molar-refractivity contribution is -0.0764. The molecule has 1 fully saturated rings. The fraction of sp³-hybridized carbons (Fsp3) is 0.412. The Balaban J connectivity index is 1.76. The molecule has 1 aliphatic heterocycles. The topological polar surface area (TPSA) is 47.4 Å². The second-order valence-corrected chi connectivity index (χ2v) is 6.34. The predicted octanol–water partition coefficient (Wildman–Crippen LogP) is 2.43. The van der Waals surface area contributed by atoms with Crippen LogP contribution in [0.5, 0.6) is 0 Å². The van der Waals surface area contributed by atoms with E-state index in [9.17, 15) is 4.79 Å². The number of amides is 1. The van der Waals surface area contributed by atoms with Crippen molar-refractivity contribution >= 4 is 5.91 Å². The SMILES string of the molecule is Cc1cnn(-c2ccc(C(=O)N3CCOC(C)(C)C3)cc2)c1. The van der Waals surface area contributed by atoms with E-state index in [1.165, 1.54) is 0 Å². The Kier molecular flexibility index (Phi) is 3.74. The first-order valence-corrected chi connectivity index (χ1v) is 7.50. The fourth-order valence-electron chi connectivity index (χ4n) is 2.68. The highest BCUT2D eigenvalue weighted by molar-refractivity contribution is 5.94. The number of carbonyl (C=O) groups excluding carboxylic acids is 1. The number of morpholine rings is 1. The van der Waals surface area contributed by atoms with Crippen LogP contribution in [0.15, 0.2) is 36.7 Å². The highest BCUT2D eigenvalue weighted by Crippen LogP contribution is 2.19. The van der Waals surface area contributed by atoms with E-state index in [-0.39, 0.29) is 11.5 Å². The van der Waals surface area contributed by atoms with Crippen LogP contribution >= 0.6 is 0 Å². The van der Waals surface area contributed by atoms with Gasteiger partial charge in [0.15, 0.2) is 0 Å². The summed E-state index contributed by atoms with van der Waals surface area (Å²) in [6.45, 7) is 7.87. The van der Waals surface area contributed by atoms with Crippen molar-refractivity contribution in [2.24, 2.45) is 0 Å². The molecule has 1 aromatic carbocycles. The Morgan fingerprint density at radius 1 is 1.27 bits per heavy atom. The van der Waals surface area contributed by atoms with Crippen LogP contribution in [0.4, 0.5) is 0 Å². The molecule has 116 valence electrons. The van der Waals surface area contributed by atoms with Crippen LogP contribution in [0.1, 0.15) is 29.8 Å². The molecule has 0 N–H and O–H groups in total. The van der Waals surface area contributed by atoms with Crippen molar-refractivity contribution in [3.8, 4) is 5.69 Å². The van der Waals surface area contributed by atoms with Crippen LogP contribution in [-0.4, -0.2) is 45.9 Å². The maximum atomic E-state index is 12.6. The molecule has 22 heavy (non-hydrogen) atoms. The molecule has 2 aromatic rings. The molecule has 0 aliphatic carbocycles. The molecule has 0 unspecified atom stereocenters. The molecule has 0 spiro atoms. The molecule has 0 saturated carbocycles. The first-order valence-electron chi connectivity index (χ1n) is 7.50. The minimum atomic E-state index is -0.277. The van der Waals surface area contributed by atoms with E-state index >= 15 is 0 Å². The summed E-state index contributed by atoms with van der Waals surface area (Å²) in [6.07, 6.45) is 3.77. The third kappa shape index (κ3) is 3.04. The maximum Gasteiger partial charge on any atom is 0.254 e. The molecule has 0 radical (unpaired) electrons. The van der Waals surface area contributed by atoms with Gasteiger partial charge in [0.05, 0.1) is 24.1 Å². The fourth-order valence-corrected chi connectivity index (χ4v) is 2.68. The van der Waals surface area contributed by atoms with Gasteiger partial charge in [-0.1, -0.05) is 0 Å². The summed E-state index contributed by atoms with van der Waals surface area (Å²) in [6, 6.07) is 7.56. The highest BCUT2D eigenvalue weighted by atomic mass is 16.5. The predicted molar refractivity (Wildman–Crippen MR) is 84.2 cm³/mol. The van der Waals surface area contributed by atoms with Crippen molar-refractivity contribution in [3.05, 3.63) is 47.8 Å². The summed E-state index contributed by atoms with van der Waals surface area (Å²) in [5.74, 6) is 0.0552. The number of carbonyl (C=O) groups is 1. The quantitative estimate of drug-likeness (QED) is 0.855. The summed E-state index contributed by atoms with van der Waals surface area (Å²) in [7, 11) is 0. The molecule has 5 nitrogen and oxygen atoms in total. The van der Waals surface area contributed by atoms with E-state index in [0.29, 0.717) is 25.3 Å². The molecule has 3 rings (SSSR count). The normalized spacial score (nSPS) is 17.5. The van der Waals surface area contributed by atoms with E-state index in [4.69, 9.17) is 4.74 Å². The zero-order valence-corrected chi connectivity index (χ0v) is 13.2. The number of hydrogen-bond donors (Lipinski definition) is 0. The van der Waals surface area contributed by atoms with Gasteiger partial charge in [-0.3, -0.25) is 4.79 Å². The van der Waals surface area contributed by atoms with E-state index in [2.05, 4.69) is 5.10 Å². The Labute approximate surface area is 130 Å². The number of benzene rings is 1. The van der Waals surface area contributed by atoms with E-state index < -0.39 is 0 Å². The number of hydrogen-bond acceptors (Lipinski definition) is 3. The molecular weight excluding hydrogens is 278 g/mol. The van der Waals surface area contributed by atoms with Crippen molar-refractivity contribution < 1.29 is 9.53 Å². The first-order chi connectivity index (χ1) is 10.4. The van der Waals surface area contributed by atoms with Gasteiger partial charge in [0.25, 0.3) is 5.91 Å². The van der Waals surface area contributed by atoms with Crippen LogP contribution in [0.25, 0.3) is 5.69 Å². The van der Waals surface area contributed by atoms with E-state index in [1.807, 2.05) is 62.3 Å². The molecule has 0 atom stereocenters. The van der Waals surface area contributed by atoms with Crippen molar-refractivity contribution in [3.63, 3.8) is 0 Å².